The van der Waals surface area contributed by atoms with Gasteiger partial charge < -0.3 is 5.32 Å². The Morgan fingerprint density at radius 3 is 2.69 bits per heavy atom. The smallest absolute Gasteiger partial charge is 0.182 e. The van der Waals surface area contributed by atoms with Gasteiger partial charge in [0.15, 0.2) is 9.84 Å². The van der Waals surface area contributed by atoms with Crippen molar-refractivity contribution in [1.82, 2.24) is 0 Å². The van der Waals surface area contributed by atoms with E-state index in [0.29, 0.717) is 4.90 Å². The van der Waals surface area contributed by atoms with Crippen molar-refractivity contribution in [1.29, 1.82) is 0 Å². The monoisotopic (exact) mass is 239 g/mol. The van der Waals surface area contributed by atoms with Crippen LogP contribution in [0, 0.1) is 0 Å². The summed E-state index contributed by atoms with van der Waals surface area (Å²) in [4.78, 5) is 0.450. The third-order valence-corrected chi connectivity index (χ3v) is 4.92. The van der Waals surface area contributed by atoms with E-state index in [1.165, 1.54) is 0 Å². The molecule has 0 radical (unpaired) electrons. The van der Waals surface area contributed by atoms with Crippen LogP contribution in [0.1, 0.15) is 26.3 Å². The third kappa shape index (κ3) is 1.94. The second-order valence-corrected chi connectivity index (χ2v) is 6.91. The Balaban J connectivity index is 2.61. The Bertz CT molecular complexity index is 518. The summed E-state index contributed by atoms with van der Waals surface area (Å²) in [5, 5.41) is 3.26. The molecule has 3 nitrogen and oxygen atoms in total. The maximum atomic E-state index is 12.1. The van der Waals surface area contributed by atoms with Gasteiger partial charge in [0.1, 0.15) is 0 Å². The van der Waals surface area contributed by atoms with Crippen LogP contribution in [0.2, 0.25) is 0 Å². The number of hydrogen-bond donors (Lipinski definition) is 1. The summed E-state index contributed by atoms with van der Waals surface area (Å²) in [5.41, 5.74) is 1.40. The molecule has 0 bridgehead atoms. The van der Waals surface area contributed by atoms with E-state index in [2.05, 4.69) is 5.32 Å². The molecule has 0 atom stereocenters. The summed E-state index contributed by atoms with van der Waals surface area (Å²) in [6.45, 7) is 5.83. The van der Waals surface area contributed by atoms with Gasteiger partial charge in [-0.2, -0.15) is 0 Å². The number of nitrogens with one attached hydrogen (secondary N) is 1. The molecule has 0 fully saturated rings. The van der Waals surface area contributed by atoms with Gasteiger partial charge in [-0.15, -0.1) is 0 Å². The van der Waals surface area contributed by atoms with Crippen molar-refractivity contribution in [3.8, 4) is 0 Å². The fourth-order valence-electron chi connectivity index (χ4n) is 2.10. The van der Waals surface area contributed by atoms with Crippen molar-refractivity contribution in [3.63, 3.8) is 0 Å². The maximum Gasteiger partial charge on any atom is 0.182 e. The quantitative estimate of drug-likeness (QED) is 0.817. The number of rotatable bonds is 1. The highest BCUT2D eigenvalue weighted by atomic mass is 32.2. The van der Waals surface area contributed by atoms with Crippen molar-refractivity contribution in [2.45, 2.75) is 37.6 Å². The van der Waals surface area contributed by atoms with Crippen LogP contribution in [0.15, 0.2) is 23.1 Å². The molecule has 0 saturated carbocycles. The van der Waals surface area contributed by atoms with Gasteiger partial charge in [0.25, 0.3) is 0 Å². The largest absolute Gasteiger partial charge is 0.378 e. The molecule has 4 heteroatoms. The first-order valence-electron chi connectivity index (χ1n) is 5.48. The lowest BCUT2D eigenvalue weighted by Crippen LogP contribution is -2.42. The highest BCUT2D eigenvalue weighted by Crippen LogP contribution is 2.33. The van der Waals surface area contributed by atoms with Gasteiger partial charge in [-0.3, -0.25) is 0 Å². The zero-order chi connectivity index (χ0) is 12.0. The van der Waals surface area contributed by atoms with E-state index in [9.17, 15) is 8.42 Å². The van der Waals surface area contributed by atoms with E-state index < -0.39 is 9.84 Å². The molecule has 0 spiro atoms. The molecule has 1 N–H and O–H groups in total. The highest BCUT2D eigenvalue weighted by molar-refractivity contribution is 7.91. The lowest BCUT2D eigenvalue weighted by molar-refractivity contribution is 0.556. The third-order valence-electron chi connectivity index (χ3n) is 2.81. The van der Waals surface area contributed by atoms with E-state index in [1.54, 1.807) is 6.07 Å². The molecule has 0 aromatic heterocycles. The normalized spacial score (nSPS) is 20.9. The van der Waals surface area contributed by atoms with Crippen molar-refractivity contribution in [2.75, 3.05) is 11.1 Å². The lowest BCUT2D eigenvalue weighted by atomic mass is 10.1. The molecular formula is C12H17NO2S. The standard InChI is InChI=1S/C12H17NO2S/c1-4-9-5-6-10-11(7-9)16(14,15)8-12(2,3)13-10/h5-7,13H,4,8H2,1-3H3. The Morgan fingerprint density at radius 2 is 2.06 bits per heavy atom. The highest BCUT2D eigenvalue weighted by Gasteiger charge is 2.34. The molecule has 1 aromatic carbocycles. The van der Waals surface area contributed by atoms with Crippen LogP contribution in [0.5, 0.6) is 0 Å². The number of anilines is 1. The van der Waals surface area contributed by atoms with Crippen molar-refractivity contribution < 1.29 is 8.42 Å². The van der Waals surface area contributed by atoms with Crippen LogP contribution in [0.3, 0.4) is 0 Å². The average Bonchev–Trinajstić information content (AvgIpc) is 2.14. The lowest BCUT2D eigenvalue weighted by Gasteiger charge is -2.33. The first-order chi connectivity index (χ1) is 7.34. The van der Waals surface area contributed by atoms with E-state index in [0.717, 1.165) is 17.7 Å². The molecule has 0 unspecified atom stereocenters. The molecule has 88 valence electrons. The molecule has 1 aromatic rings. The predicted molar refractivity (Wildman–Crippen MR) is 65.6 cm³/mol. The minimum atomic E-state index is -3.14. The summed E-state index contributed by atoms with van der Waals surface area (Å²) in [6, 6.07) is 5.63. The Morgan fingerprint density at radius 1 is 1.38 bits per heavy atom. The van der Waals surface area contributed by atoms with Crippen LogP contribution >= 0.6 is 0 Å². The van der Waals surface area contributed by atoms with E-state index in [-0.39, 0.29) is 11.3 Å². The minimum absolute atomic E-state index is 0.153. The van der Waals surface area contributed by atoms with Gasteiger partial charge in [-0.1, -0.05) is 13.0 Å². The molecular weight excluding hydrogens is 222 g/mol. The number of fused-ring (bicyclic) bond motifs is 1. The molecule has 1 heterocycles. The van der Waals surface area contributed by atoms with Crippen molar-refractivity contribution in [3.05, 3.63) is 23.8 Å². The molecule has 16 heavy (non-hydrogen) atoms. The van der Waals surface area contributed by atoms with Crippen LogP contribution < -0.4 is 5.32 Å². The van der Waals surface area contributed by atoms with Crippen molar-refractivity contribution in [2.24, 2.45) is 0 Å². The summed E-state index contributed by atoms with van der Waals surface area (Å²) in [6.07, 6.45) is 0.853. The van der Waals surface area contributed by atoms with Gasteiger partial charge >= 0.3 is 0 Å². The first kappa shape index (κ1) is 11.5. The molecule has 0 amide bonds. The van der Waals surface area contributed by atoms with E-state index >= 15 is 0 Å². The summed E-state index contributed by atoms with van der Waals surface area (Å²) >= 11 is 0. The molecule has 2 rings (SSSR count). The average molecular weight is 239 g/mol. The molecule has 1 aliphatic rings. The van der Waals surface area contributed by atoms with Crippen LogP contribution in [0.4, 0.5) is 5.69 Å². The summed E-state index contributed by atoms with van der Waals surface area (Å²) in [5.74, 6) is 0.153. The molecule has 1 aliphatic heterocycles. The van der Waals surface area contributed by atoms with Crippen molar-refractivity contribution >= 4 is 15.5 Å². The Hall–Kier alpha value is -1.03. The van der Waals surface area contributed by atoms with Crippen LogP contribution in [-0.4, -0.2) is 19.7 Å². The second-order valence-electron chi connectivity index (χ2n) is 4.95. The van der Waals surface area contributed by atoms with Gasteiger partial charge in [-0.25, -0.2) is 8.42 Å². The van der Waals surface area contributed by atoms with Gasteiger partial charge in [0, 0.05) is 5.54 Å². The molecule has 0 aliphatic carbocycles. The fraction of sp³-hybridized carbons (Fsp3) is 0.500. The van der Waals surface area contributed by atoms with E-state index in [1.807, 2.05) is 32.9 Å². The minimum Gasteiger partial charge on any atom is -0.378 e. The van der Waals surface area contributed by atoms with Crippen LogP contribution in [0.25, 0.3) is 0 Å². The predicted octanol–water partition coefficient (Wildman–Crippen LogP) is 2.23. The topological polar surface area (TPSA) is 46.2 Å². The van der Waals surface area contributed by atoms with Gasteiger partial charge in [-0.05, 0) is 38.0 Å². The van der Waals surface area contributed by atoms with Gasteiger partial charge in [0.05, 0.1) is 16.3 Å². The molecule has 0 saturated heterocycles. The zero-order valence-corrected chi connectivity index (χ0v) is 10.7. The summed E-state index contributed by atoms with van der Waals surface area (Å²) in [7, 11) is -3.14. The maximum absolute atomic E-state index is 12.1. The Kier molecular flexibility index (Phi) is 2.49. The zero-order valence-electron chi connectivity index (χ0n) is 9.87. The fourth-order valence-corrected chi connectivity index (χ4v) is 4.06. The van der Waals surface area contributed by atoms with Crippen LogP contribution in [-0.2, 0) is 16.3 Å². The SMILES string of the molecule is CCc1ccc2c(c1)S(=O)(=O)CC(C)(C)N2. The van der Waals surface area contributed by atoms with E-state index in [4.69, 9.17) is 0 Å². The number of hydrogen-bond acceptors (Lipinski definition) is 3. The first-order valence-corrected chi connectivity index (χ1v) is 7.13. The second kappa shape index (κ2) is 3.48. The summed E-state index contributed by atoms with van der Waals surface area (Å²) < 4.78 is 24.2. The van der Waals surface area contributed by atoms with Gasteiger partial charge in [0.2, 0.25) is 0 Å². The number of benzene rings is 1. The Labute approximate surface area is 96.8 Å². The number of sulfone groups is 1. The number of aryl methyl sites for hydroxylation is 1.